The summed E-state index contributed by atoms with van der Waals surface area (Å²) in [6.07, 6.45) is 2.24. The number of rotatable bonds is 9. The van der Waals surface area contributed by atoms with E-state index >= 15 is 0 Å². The van der Waals surface area contributed by atoms with Gasteiger partial charge in [-0.3, -0.25) is 9.78 Å². The molecule has 0 spiro atoms. The van der Waals surface area contributed by atoms with Crippen molar-refractivity contribution in [3.63, 3.8) is 0 Å². The van der Waals surface area contributed by atoms with Gasteiger partial charge in [-0.25, -0.2) is 4.79 Å². The predicted molar refractivity (Wildman–Crippen MR) is 97.7 cm³/mol. The van der Waals surface area contributed by atoms with Crippen molar-refractivity contribution in [3.05, 3.63) is 59.9 Å². The third kappa shape index (κ3) is 6.55. The molecule has 1 atom stereocenters. The highest BCUT2D eigenvalue weighted by Crippen LogP contribution is 2.14. The Balaban J connectivity index is 1.85. The quantitative estimate of drug-likeness (QED) is 0.721. The Morgan fingerprint density at radius 1 is 1.15 bits per heavy atom. The topological polar surface area (TPSA) is 88.5 Å². The third-order valence-electron chi connectivity index (χ3n) is 3.74. The maximum atomic E-state index is 12.1. The van der Waals surface area contributed by atoms with E-state index in [2.05, 4.69) is 10.3 Å². The summed E-state index contributed by atoms with van der Waals surface area (Å²) in [4.78, 5) is 27.5. The molecule has 0 saturated heterocycles. The number of pyridine rings is 1. The average molecular weight is 356 g/mol. The molecule has 0 aliphatic carbocycles. The Morgan fingerprint density at radius 2 is 1.88 bits per heavy atom. The monoisotopic (exact) mass is 356 g/mol. The standard InChI is InChI=1S/C20H24N2O4/c1-14(2)11-18(20(24)25)22-19(23)12-15-6-8-17(9-7-15)26-13-16-5-3-4-10-21-16/h3-10,14,18H,11-13H2,1-2H3,(H,22,23)(H,24,25)/t18-/m0/s1. The zero-order valence-corrected chi connectivity index (χ0v) is 15.0. The zero-order valence-electron chi connectivity index (χ0n) is 15.0. The van der Waals surface area contributed by atoms with Crippen LogP contribution in [0.4, 0.5) is 0 Å². The Kier molecular flexibility index (Phi) is 7.14. The van der Waals surface area contributed by atoms with Crippen molar-refractivity contribution in [2.24, 2.45) is 5.92 Å². The van der Waals surface area contributed by atoms with Crippen LogP contribution in [0.25, 0.3) is 0 Å². The van der Waals surface area contributed by atoms with Crippen molar-refractivity contribution >= 4 is 11.9 Å². The number of aromatic nitrogens is 1. The first kappa shape index (κ1) is 19.4. The largest absolute Gasteiger partial charge is 0.487 e. The highest BCUT2D eigenvalue weighted by atomic mass is 16.5. The minimum absolute atomic E-state index is 0.127. The van der Waals surface area contributed by atoms with Gasteiger partial charge in [0.05, 0.1) is 12.1 Å². The highest BCUT2D eigenvalue weighted by molar-refractivity contribution is 5.84. The van der Waals surface area contributed by atoms with Crippen molar-refractivity contribution in [1.82, 2.24) is 10.3 Å². The van der Waals surface area contributed by atoms with E-state index in [1.165, 1.54) is 0 Å². The van der Waals surface area contributed by atoms with Crippen LogP contribution in [-0.4, -0.2) is 28.0 Å². The van der Waals surface area contributed by atoms with Gasteiger partial charge < -0.3 is 15.2 Å². The number of ether oxygens (including phenoxy) is 1. The van der Waals surface area contributed by atoms with Gasteiger partial charge >= 0.3 is 5.97 Å². The molecule has 1 aromatic heterocycles. The van der Waals surface area contributed by atoms with Gasteiger partial charge in [0.25, 0.3) is 0 Å². The maximum absolute atomic E-state index is 12.1. The van der Waals surface area contributed by atoms with Crippen LogP contribution >= 0.6 is 0 Å². The fourth-order valence-electron chi connectivity index (χ4n) is 2.47. The molecule has 2 aromatic rings. The SMILES string of the molecule is CC(C)C[C@H](NC(=O)Cc1ccc(OCc2ccccn2)cc1)C(=O)O. The molecule has 138 valence electrons. The lowest BCUT2D eigenvalue weighted by Gasteiger charge is -2.16. The van der Waals surface area contributed by atoms with E-state index in [1.807, 2.05) is 32.0 Å². The number of nitrogens with one attached hydrogen (secondary N) is 1. The Bertz CT molecular complexity index is 714. The fourth-order valence-corrected chi connectivity index (χ4v) is 2.47. The number of hydrogen-bond donors (Lipinski definition) is 2. The van der Waals surface area contributed by atoms with Crippen LogP contribution < -0.4 is 10.1 Å². The second kappa shape index (κ2) is 9.56. The van der Waals surface area contributed by atoms with E-state index < -0.39 is 12.0 Å². The fraction of sp³-hybridized carbons (Fsp3) is 0.350. The lowest BCUT2D eigenvalue weighted by atomic mass is 10.0. The molecule has 0 unspecified atom stereocenters. The van der Waals surface area contributed by atoms with Gasteiger partial charge in [0.1, 0.15) is 18.4 Å². The number of hydrogen-bond acceptors (Lipinski definition) is 4. The van der Waals surface area contributed by atoms with E-state index in [0.717, 1.165) is 11.3 Å². The molecule has 0 aliphatic heterocycles. The maximum Gasteiger partial charge on any atom is 0.326 e. The molecule has 1 heterocycles. The normalized spacial score (nSPS) is 11.8. The molecule has 0 radical (unpaired) electrons. The first-order valence-electron chi connectivity index (χ1n) is 8.58. The third-order valence-corrected chi connectivity index (χ3v) is 3.74. The molecule has 2 rings (SSSR count). The number of carbonyl (C=O) groups is 2. The molecular weight excluding hydrogens is 332 g/mol. The van der Waals surface area contributed by atoms with Crippen LogP contribution in [0.15, 0.2) is 48.7 Å². The summed E-state index contributed by atoms with van der Waals surface area (Å²) >= 11 is 0. The second-order valence-electron chi connectivity index (χ2n) is 6.52. The molecule has 6 heteroatoms. The molecule has 0 bridgehead atoms. The Morgan fingerprint density at radius 3 is 2.46 bits per heavy atom. The van der Waals surface area contributed by atoms with Gasteiger partial charge in [-0.15, -0.1) is 0 Å². The number of nitrogens with zero attached hydrogens (tertiary/aromatic N) is 1. The lowest BCUT2D eigenvalue weighted by Crippen LogP contribution is -2.42. The second-order valence-corrected chi connectivity index (χ2v) is 6.52. The van der Waals surface area contributed by atoms with Gasteiger partial charge in [0.15, 0.2) is 0 Å². The van der Waals surface area contributed by atoms with Gasteiger partial charge in [-0.05, 0) is 42.2 Å². The predicted octanol–water partition coefficient (Wildman–Crippen LogP) is 2.82. The summed E-state index contributed by atoms with van der Waals surface area (Å²) in [5.41, 5.74) is 1.63. The lowest BCUT2D eigenvalue weighted by molar-refractivity contribution is -0.142. The van der Waals surface area contributed by atoms with E-state index in [-0.39, 0.29) is 18.2 Å². The van der Waals surface area contributed by atoms with Crippen LogP contribution in [0, 0.1) is 5.92 Å². The number of carboxylic acid groups (broad SMARTS) is 1. The van der Waals surface area contributed by atoms with Gasteiger partial charge in [-0.1, -0.05) is 32.0 Å². The van der Waals surface area contributed by atoms with Crippen molar-refractivity contribution in [3.8, 4) is 5.75 Å². The summed E-state index contributed by atoms with van der Waals surface area (Å²) in [5, 5.41) is 11.8. The molecule has 0 fully saturated rings. The summed E-state index contributed by atoms with van der Waals surface area (Å²) in [6, 6.07) is 11.9. The number of carbonyl (C=O) groups excluding carboxylic acids is 1. The summed E-state index contributed by atoms with van der Waals surface area (Å²) in [5.74, 6) is -0.444. The van der Waals surface area contributed by atoms with Crippen LogP contribution in [0.2, 0.25) is 0 Å². The van der Waals surface area contributed by atoms with Crippen LogP contribution in [0.1, 0.15) is 31.5 Å². The molecule has 1 aromatic carbocycles. The number of benzene rings is 1. The van der Waals surface area contributed by atoms with E-state index in [1.54, 1.807) is 30.5 Å². The van der Waals surface area contributed by atoms with E-state index in [0.29, 0.717) is 18.8 Å². The molecule has 2 N–H and O–H groups in total. The molecule has 26 heavy (non-hydrogen) atoms. The first-order chi connectivity index (χ1) is 12.4. The van der Waals surface area contributed by atoms with E-state index in [4.69, 9.17) is 4.74 Å². The van der Waals surface area contributed by atoms with Crippen molar-refractivity contribution in [2.45, 2.75) is 39.3 Å². The minimum Gasteiger partial charge on any atom is -0.487 e. The van der Waals surface area contributed by atoms with Crippen LogP contribution in [0.5, 0.6) is 5.75 Å². The van der Waals surface area contributed by atoms with Crippen molar-refractivity contribution < 1.29 is 19.4 Å². The first-order valence-corrected chi connectivity index (χ1v) is 8.58. The van der Waals surface area contributed by atoms with Crippen LogP contribution in [-0.2, 0) is 22.6 Å². The molecule has 1 amide bonds. The Labute approximate surface area is 153 Å². The number of aliphatic carboxylic acids is 1. The molecular formula is C20H24N2O4. The zero-order chi connectivity index (χ0) is 18.9. The highest BCUT2D eigenvalue weighted by Gasteiger charge is 2.20. The van der Waals surface area contributed by atoms with Crippen molar-refractivity contribution in [1.29, 1.82) is 0 Å². The molecule has 0 saturated carbocycles. The van der Waals surface area contributed by atoms with Gasteiger partial charge in [0.2, 0.25) is 5.91 Å². The van der Waals surface area contributed by atoms with Crippen LogP contribution in [0.3, 0.4) is 0 Å². The Hall–Kier alpha value is -2.89. The van der Waals surface area contributed by atoms with E-state index in [9.17, 15) is 14.7 Å². The minimum atomic E-state index is -1.01. The molecule has 0 aliphatic rings. The summed E-state index contributed by atoms with van der Waals surface area (Å²) in [7, 11) is 0. The smallest absolute Gasteiger partial charge is 0.326 e. The van der Waals surface area contributed by atoms with Gasteiger partial charge in [-0.2, -0.15) is 0 Å². The summed E-state index contributed by atoms with van der Waals surface area (Å²) in [6.45, 7) is 4.22. The average Bonchev–Trinajstić information content (AvgIpc) is 2.61. The number of carboxylic acids is 1. The summed E-state index contributed by atoms with van der Waals surface area (Å²) < 4.78 is 5.65. The molecule has 6 nitrogen and oxygen atoms in total. The number of amides is 1. The van der Waals surface area contributed by atoms with Crippen molar-refractivity contribution in [2.75, 3.05) is 0 Å². The van der Waals surface area contributed by atoms with Gasteiger partial charge in [0, 0.05) is 6.20 Å².